The fourth-order valence-electron chi connectivity index (χ4n) is 2.72. The third kappa shape index (κ3) is 3.82. The van der Waals surface area contributed by atoms with Crippen molar-refractivity contribution in [2.24, 2.45) is 0 Å². The zero-order valence-electron chi connectivity index (χ0n) is 12.5. The van der Waals surface area contributed by atoms with Gasteiger partial charge in [-0.15, -0.1) is 0 Å². The Kier molecular flexibility index (Phi) is 4.94. The minimum atomic E-state index is -0.458. The molecule has 0 bridgehead atoms. The van der Waals surface area contributed by atoms with Crippen molar-refractivity contribution in [3.05, 3.63) is 34.4 Å². The lowest BCUT2D eigenvalue weighted by molar-refractivity contribution is -0.314. The van der Waals surface area contributed by atoms with Gasteiger partial charge in [0.2, 0.25) is 0 Å². The van der Waals surface area contributed by atoms with Gasteiger partial charge in [-0.1, -0.05) is 24.6 Å². The van der Waals surface area contributed by atoms with Crippen molar-refractivity contribution in [2.45, 2.75) is 65.9 Å². The summed E-state index contributed by atoms with van der Waals surface area (Å²) in [6.45, 7) is 12.6. The molecule has 1 unspecified atom stereocenters. The smallest absolute Gasteiger partial charge is 0.0977 e. The van der Waals surface area contributed by atoms with Crippen molar-refractivity contribution in [1.29, 1.82) is 0 Å². The summed E-state index contributed by atoms with van der Waals surface area (Å²) in [6, 6.07) is 4.49. The van der Waals surface area contributed by atoms with Crippen LogP contribution in [0.25, 0.3) is 0 Å². The van der Waals surface area contributed by atoms with E-state index in [4.69, 9.17) is 5.26 Å². The van der Waals surface area contributed by atoms with Crippen LogP contribution in [0.15, 0.2) is 12.1 Å². The van der Waals surface area contributed by atoms with E-state index in [2.05, 4.69) is 44.7 Å². The first-order valence-corrected chi connectivity index (χ1v) is 6.67. The molecular weight excluding hydrogens is 224 g/mol. The molecule has 0 aliphatic rings. The molecule has 18 heavy (non-hydrogen) atoms. The molecule has 1 N–H and O–H groups in total. The molecule has 1 atom stereocenters. The highest BCUT2D eigenvalue weighted by molar-refractivity contribution is 5.39. The molecule has 0 amide bonds. The summed E-state index contributed by atoms with van der Waals surface area (Å²) in [4.78, 5) is 4.50. The maximum atomic E-state index is 8.82. The molecule has 0 heterocycles. The highest BCUT2D eigenvalue weighted by Crippen LogP contribution is 2.30. The molecule has 0 saturated carbocycles. The molecule has 0 aromatic heterocycles. The fourth-order valence-corrected chi connectivity index (χ4v) is 2.72. The first-order valence-electron chi connectivity index (χ1n) is 6.67. The Morgan fingerprint density at radius 3 is 2.11 bits per heavy atom. The lowest BCUT2D eigenvalue weighted by Gasteiger charge is -2.24. The third-order valence-electron chi connectivity index (χ3n) is 3.66. The summed E-state index contributed by atoms with van der Waals surface area (Å²) in [6.07, 6.45) is 1.86. The van der Waals surface area contributed by atoms with E-state index in [-0.39, 0.29) is 0 Å². The van der Waals surface area contributed by atoms with Crippen LogP contribution in [0.4, 0.5) is 0 Å². The van der Waals surface area contributed by atoms with Crippen molar-refractivity contribution in [3.8, 4) is 0 Å². The average molecular weight is 250 g/mol. The first-order chi connectivity index (χ1) is 8.26. The second-order valence-electron chi connectivity index (χ2n) is 6.10. The van der Waals surface area contributed by atoms with Crippen LogP contribution in [0.5, 0.6) is 0 Å². The van der Waals surface area contributed by atoms with Crippen molar-refractivity contribution in [2.75, 3.05) is 0 Å². The molecule has 0 saturated heterocycles. The summed E-state index contributed by atoms with van der Waals surface area (Å²) < 4.78 is 0. The average Bonchev–Trinajstić information content (AvgIpc) is 2.25. The minimum Gasteiger partial charge on any atom is -0.251 e. The van der Waals surface area contributed by atoms with Gasteiger partial charge in [0.05, 0.1) is 5.60 Å². The van der Waals surface area contributed by atoms with E-state index < -0.39 is 5.60 Å². The Balaban J connectivity index is 2.82. The Labute approximate surface area is 111 Å². The topological polar surface area (TPSA) is 29.5 Å². The lowest BCUT2D eigenvalue weighted by atomic mass is 9.85. The van der Waals surface area contributed by atoms with Gasteiger partial charge in [-0.3, -0.25) is 5.26 Å². The molecule has 2 nitrogen and oxygen atoms in total. The van der Waals surface area contributed by atoms with Crippen LogP contribution in [-0.2, 0) is 4.89 Å². The number of hydrogen-bond donors (Lipinski definition) is 1. The monoisotopic (exact) mass is 250 g/mol. The largest absolute Gasteiger partial charge is 0.251 e. The Bertz CT molecular complexity index is 385. The van der Waals surface area contributed by atoms with Crippen molar-refractivity contribution >= 4 is 0 Å². The van der Waals surface area contributed by atoms with Crippen LogP contribution in [0.3, 0.4) is 0 Å². The Morgan fingerprint density at radius 2 is 1.67 bits per heavy atom. The summed E-state index contributed by atoms with van der Waals surface area (Å²) >= 11 is 0. The standard InChI is InChI=1S/C16H26O2/c1-11-9-13(3)15(14(4)10-11)12(2)7-8-16(5,6)18-17/h9-10,12,17H,7-8H2,1-6H3. The van der Waals surface area contributed by atoms with Gasteiger partial charge < -0.3 is 0 Å². The normalized spacial score (nSPS) is 13.7. The van der Waals surface area contributed by atoms with Gasteiger partial charge in [-0.25, -0.2) is 4.89 Å². The number of rotatable bonds is 5. The number of hydrogen-bond acceptors (Lipinski definition) is 2. The van der Waals surface area contributed by atoms with E-state index in [1.54, 1.807) is 0 Å². The molecule has 0 fully saturated rings. The SMILES string of the molecule is Cc1cc(C)c(C(C)CCC(C)(C)OO)c(C)c1. The van der Waals surface area contributed by atoms with Gasteiger partial charge in [0, 0.05) is 0 Å². The second-order valence-corrected chi connectivity index (χ2v) is 6.10. The molecule has 0 aliphatic heterocycles. The Hall–Kier alpha value is -0.860. The van der Waals surface area contributed by atoms with Crippen molar-refractivity contribution < 1.29 is 10.1 Å². The van der Waals surface area contributed by atoms with E-state index in [0.717, 1.165) is 12.8 Å². The predicted octanol–water partition coefficient (Wildman–Crippen LogP) is 4.76. The molecule has 1 rings (SSSR count). The van der Waals surface area contributed by atoms with E-state index >= 15 is 0 Å². The zero-order chi connectivity index (χ0) is 13.9. The summed E-state index contributed by atoms with van der Waals surface area (Å²) in [5.41, 5.74) is 5.03. The van der Waals surface area contributed by atoms with Crippen LogP contribution < -0.4 is 0 Å². The fraction of sp³-hybridized carbons (Fsp3) is 0.625. The summed E-state index contributed by atoms with van der Waals surface area (Å²) in [5, 5.41) is 8.82. The summed E-state index contributed by atoms with van der Waals surface area (Å²) in [7, 11) is 0. The van der Waals surface area contributed by atoms with E-state index in [1.165, 1.54) is 22.3 Å². The second kappa shape index (κ2) is 5.85. The van der Waals surface area contributed by atoms with Gasteiger partial charge >= 0.3 is 0 Å². The maximum Gasteiger partial charge on any atom is 0.0977 e. The number of benzene rings is 1. The van der Waals surface area contributed by atoms with E-state index in [9.17, 15) is 0 Å². The maximum absolute atomic E-state index is 8.82. The van der Waals surface area contributed by atoms with Crippen LogP contribution >= 0.6 is 0 Å². The van der Waals surface area contributed by atoms with Crippen LogP contribution in [-0.4, -0.2) is 10.9 Å². The predicted molar refractivity (Wildman–Crippen MR) is 76.1 cm³/mol. The minimum absolute atomic E-state index is 0.458. The molecule has 1 aromatic carbocycles. The highest BCUT2D eigenvalue weighted by Gasteiger charge is 2.21. The molecule has 2 heteroatoms. The van der Waals surface area contributed by atoms with E-state index in [0.29, 0.717) is 5.92 Å². The van der Waals surface area contributed by atoms with E-state index in [1.807, 2.05) is 13.8 Å². The van der Waals surface area contributed by atoms with Crippen LogP contribution in [0.1, 0.15) is 61.8 Å². The highest BCUT2D eigenvalue weighted by atomic mass is 17.1. The summed E-state index contributed by atoms with van der Waals surface area (Å²) in [5.74, 6) is 0.486. The first kappa shape index (κ1) is 15.2. The molecule has 1 aromatic rings. The number of aryl methyl sites for hydroxylation is 3. The lowest BCUT2D eigenvalue weighted by Crippen LogP contribution is -2.23. The van der Waals surface area contributed by atoms with Gasteiger partial charge in [-0.05, 0) is 70.1 Å². The Morgan fingerprint density at radius 1 is 1.17 bits per heavy atom. The molecule has 102 valence electrons. The molecule has 0 radical (unpaired) electrons. The van der Waals surface area contributed by atoms with Gasteiger partial charge in [0.25, 0.3) is 0 Å². The van der Waals surface area contributed by atoms with Crippen molar-refractivity contribution in [1.82, 2.24) is 0 Å². The third-order valence-corrected chi connectivity index (χ3v) is 3.66. The quantitative estimate of drug-likeness (QED) is 0.603. The van der Waals surface area contributed by atoms with Crippen LogP contribution in [0, 0.1) is 20.8 Å². The van der Waals surface area contributed by atoms with Gasteiger partial charge in [-0.2, -0.15) is 0 Å². The zero-order valence-corrected chi connectivity index (χ0v) is 12.5. The van der Waals surface area contributed by atoms with Crippen LogP contribution in [0.2, 0.25) is 0 Å². The molecular formula is C16H26O2. The van der Waals surface area contributed by atoms with Crippen molar-refractivity contribution in [3.63, 3.8) is 0 Å². The van der Waals surface area contributed by atoms with Gasteiger partial charge in [0.1, 0.15) is 0 Å². The molecule has 0 aliphatic carbocycles. The molecule has 0 spiro atoms. The van der Waals surface area contributed by atoms with Gasteiger partial charge in [0.15, 0.2) is 0 Å².